The fraction of sp³-hybridized carbons (Fsp3) is 0.619. The van der Waals surface area contributed by atoms with Crippen LogP contribution in [0.1, 0.15) is 44.1 Å². The minimum atomic E-state index is -0.0299. The van der Waals surface area contributed by atoms with Crippen molar-refractivity contribution in [2.24, 2.45) is 5.92 Å². The zero-order valence-corrected chi connectivity index (χ0v) is 16.9. The van der Waals surface area contributed by atoms with Gasteiger partial charge < -0.3 is 10.2 Å². The van der Waals surface area contributed by atoms with Gasteiger partial charge in [0.2, 0.25) is 11.8 Å². The lowest BCUT2D eigenvalue weighted by molar-refractivity contribution is -0.137. The molecule has 3 rings (SSSR count). The highest BCUT2D eigenvalue weighted by Crippen LogP contribution is 2.23. The van der Waals surface area contributed by atoms with Crippen molar-refractivity contribution in [2.75, 3.05) is 38.0 Å². The van der Waals surface area contributed by atoms with E-state index < -0.39 is 0 Å². The van der Waals surface area contributed by atoms with E-state index in [1.54, 1.807) is 6.07 Å². The van der Waals surface area contributed by atoms with Crippen molar-refractivity contribution in [1.82, 2.24) is 9.80 Å². The molecule has 0 atom stereocenters. The second-order valence-electron chi connectivity index (χ2n) is 7.80. The molecule has 0 radical (unpaired) electrons. The fourth-order valence-corrected chi connectivity index (χ4v) is 4.18. The predicted molar refractivity (Wildman–Crippen MR) is 109 cm³/mol. The maximum absolute atomic E-state index is 12.8. The number of aryl methyl sites for hydroxylation is 1. The number of benzene rings is 1. The number of nitrogens with zero attached hydrogens (tertiary/aromatic N) is 2. The Hall–Kier alpha value is -1.59. The first-order valence-electron chi connectivity index (χ1n) is 10.1. The summed E-state index contributed by atoms with van der Waals surface area (Å²) in [4.78, 5) is 29.3. The van der Waals surface area contributed by atoms with Crippen molar-refractivity contribution in [3.63, 3.8) is 0 Å². The van der Waals surface area contributed by atoms with Crippen molar-refractivity contribution in [3.8, 4) is 0 Å². The largest absolute Gasteiger partial charge is 0.342 e. The fourth-order valence-electron chi connectivity index (χ4n) is 4.01. The molecule has 148 valence electrons. The lowest BCUT2D eigenvalue weighted by Gasteiger charge is -2.33. The highest BCUT2D eigenvalue weighted by Gasteiger charge is 2.29. The Labute approximate surface area is 167 Å². The Balaban J connectivity index is 1.45. The monoisotopic (exact) mass is 391 g/mol. The van der Waals surface area contributed by atoms with Gasteiger partial charge in [0.15, 0.2) is 0 Å². The molecule has 1 aromatic rings. The number of carbonyl (C=O) groups is 2. The Bertz CT molecular complexity index is 663. The maximum Gasteiger partial charge on any atom is 0.238 e. The van der Waals surface area contributed by atoms with Crippen molar-refractivity contribution in [2.45, 2.75) is 45.4 Å². The summed E-state index contributed by atoms with van der Waals surface area (Å²) in [7, 11) is 0. The molecule has 2 amide bonds. The third-order valence-electron chi connectivity index (χ3n) is 5.70. The van der Waals surface area contributed by atoms with E-state index in [1.807, 2.05) is 19.1 Å². The normalized spacial score (nSPS) is 19.6. The Kier molecular flexibility index (Phi) is 7.13. The van der Waals surface area contributed by atoms with Gasteiger partial charge in [0.25, 0.3) is 0 Å². The first kappa shape index (κ1) is 20.2. The lowest BCUT2D eigenvalue weighted by atomic mass is 9.95. The van der Waals surface area contributed by atoms with Gasteiger partial charge in [0, 0.05) is 29.7 Å². The summed E-state index contributed by atoms with van der Waals surface area (Å²) in [6.07, 6.45) is 6.44. The van der Waals surface area contributed by atoms with Gasteiger partial charge in [-0.25, -0.2) is 0 Å². The molecule has 0 saturated carbocycles. The van der Waals surface area contributed by atoms with E-state index in [1.165, 1.54) is 12.8 Å². The van der Waals surface area contributed by atoms with Gasteiger partial charge in [-0.3, -0.25) is 14.5 Å². The number of hydrogen-bond acceptors (Lipinski definition) is 3. The molecule has 2 heterocycles. The summed E-state index contributed by atoms with van der Waals surface area (Å²) in [5.74, 6) is 0.422. The first-order chi connectivity index (χ1) is 13.0. The summed E-state index contributed by atoms with van der Waals surface area (Å²) in [5.41, 5.74) is 1.76. The van der Waals surface area contributed by atoms with Gasteiger partial charge in [-0.2, -0.15) is 0 Å². The van der Waals surface area contributed by atoms with Crippen LogP contribution in [0.15, 0.2) is 18.2 Å². The first-order valence-corrected chi connectivity index (χ1v) is 10.5. The highest BCUT2D eigenvalue weighted by atomic mass is 35.5. The standard InChI is InChI=1S/C21H30ClN3O2/c1-16-6-7-18(22)14-19(16)23-20(26)15-24-12-8-17(9-13-24)21(27)25-10-4-2-3-5-11-25/h6-7,14,17H,2-5,8-13,15H2,1H3,(H,23,26). The van der Waals surface area contributed by atoms with Crippen LogP contribution in [0.5, 0.6) is 0 Å². The molecule has 0 aromatic heterocycles. The van der Waals surface area contributed by atoms with Crippen molar-refractivity contribution >= 4 is 29.1 Å². The van der Waals surface area contributed by atoms with Crippen molar-refractivity contribution < 1.29 is 9.59 Å². The van der Waals surface area contributed by atoms with Crippen LogP contribution in [0.25, 0.3) is 0 Å². The maximum atomic E-state index is 12.8. The Morgan fingerprint density at radius 3 is 2.41 bits per heavy atom. The Morgan fingerprint density at radius 2 is 1.74 bits per heavy atom. The number of hydrogen-bond donors (Lipinski definition) is 1. The molecular weight excluding hydrogens is 362 g/mol. The van der Waals surface area contributed by atoms with Crippen LogP contribution in [0.3, 0.4) is 0 Å². The van der Waals surface area contributed by atoms with Crippen molar-refractivity contribution in [3.05, 3.63) is 28.8 Å². The summed E-state index contributed by atoms with van der Waals surface area (Å²) < 4.78 is 0. The van der Waals surface area contributed by atoms with E-state index in [9.17, 15) is 9.59 Å². The SMILES string of the molecule is Cc1ccc(Cl)cc1NC(=O)CN1CCC(C(=O)N2CCCCCC2)CC1. The van der Waals surface area contributed by atoms with E-state index in [2.05, 4.69) is 15.1 Å². The molecule has 1 N–H and O–H groups in total. The number of carbonyl (C=O) groups excluding carboxylic acids is 2. The second kappa shape index (κ2) is 9.56. The molecule has 2 saturated heterocycles. The molecule has 1 aromatic carbocycles. The zero-order chi connectivity index (χ0) is 19.2. The highest BCUT2D eigenvalue weighted by molar-refractivity contribution is 6.31. The number of piperidine rings is 1. The van der Waals surface area contributed by atoms with Crippen molar-refractivity contribution in [1.29, 1.82) is 0 Å². The zero-order valence-electron chi connectivity index (χ0n) is 16.2. The van der Waals surface area contributed by atoms with E-state index in [-0.39, 0.29) is 11.8 Å². The van der Waals surface area contributed by atoms with Gasteiger partial charge in [0.05, 0.1) is 6.54 Å². The molecule has 0 bridgehead atoms. The van der Waals surface area contributed by atoms with Crippen LogP contribution in [-0.2, 0) is 9.59 Å². The average Bonchev–Trinajstić information content (AvgIpc) is 2.94. The number of halogens is 1. The van der Waals surface area contributed by atoms with E-state index in [0.717, 1.165) is 63.1 Å². The summed E-state index contributed by atoms with van der Waals surface area (Å²) in [6, 6.07) is 5.50. The molecular formula is C21H30ClN3O2. The van der Waals surface area contributed by atoms with Crippen LogP contribution in [0, 0.1) is 12.8 Å². The Morgan fingerprint density at radius 1 is 1.07 bits per heavy atom. The van der Waals surface area contributed by atoms with Crippen LogP contribution < -0.4 is 5.32 Å². The van der Waals surface area contributed by atoms with Gasteiger partial charge in [-0.15, -0.1) is 0 Å². The minimum absolute atomic E-state index is 0.0299. The number of amides is 2. The topological polar surface area (TPSA) is 52.7 Å². The molecule has 2 fully saturated rings. The molecule has 2 aliphatic rings. The number of nitrogens with one attached hydrogen (secondary N) is 1. The number of anilines is 1. The van der Waals surface area contributed by atoms with E-state index in [4.69, 9.17) is 11.6 Å². The summed E-state index contributed by atoms with van der Waals surface area (Å²) in [6.45, 7) is 5.74. The molecule has 0 spiro atoms. The predicted octanol–water partition coefficient (Wildman–Crippen LogP) is 3.70. The third-order valence-corrected chi connectivity index (χ3v) is 5.93. The van der Waals surface area contributed by atoms with Gasteiger partial charge in [-0.05, 0) is 63.4 Å². The van der Waals surface area contributed by atoms with Crippen LogP contribution >= 0.6 is 11.6 Å². The molecule has 6 heteroatoms. The number of rotatable bonds is 4. The molecule has 0 unspecified atom stereocenters. The van der Waals surface area contributed by atoms with Crippen LogP contribution in [0.2, 0.25) is 5.02 Å². The van der Waals surface area contributed by atoms with Crippen LogP contribution in [0.4, 0.5) is 5.69 Å². The second-order valence-corrected chi connectivity index (χ2v) is 8.23. The van der Waals surface area contributed by atoms with Crippen LogP contribution in [-0.4, -0.2) is 54.3 Å². The smallest absolute Gasteiger partial charge is 0.238 e. The number of likely N-dealkylation sites (tertiary alicyclic amines) is 2. The van der Waals surface area contributed by atoms with E-state index >= 15 is 0 Å². The third kappa shape index (κ3) is 5.69. The average molecular weight is 392 g/mol. The lowest BCUT2D eigenvalue weighted by Crippen LogP contribution is -2.44. The van der Waals surface area contributed by atoms with Gasteiger partial charge in [0.1, 0.15) is 0 Å². The van der Waals surface area contributed by atoms with Gasteiger partial charge in [-0.1, -0.05) is 30.5 Å². The summed E-state index contributed by atoms with van der Waals surface area (Å²) in [5, 5.41) is 3.57. The molecule has 2 aliphatic heterocycles. The minimum Gasteiger partial charge on any atom is -0.342 e. The molecule has 5 nitrogen and oxygen atoms in total. The molecule has 0 aliphatic carbocycles. The van der Waals surface area contributed by atoms with Gasteiger partial charge >= 0.3 is 0 Å². The quantitative estimate of drug-likeness (QED) is 0.851. The summed E-state index contributed by atoms with van der Waals surface area (Å²) >= 11 is 6.01. The molecule has 27 heavy (non-hydrogen) atoms. The van der Waals surface area contributed by atoms with E-state index in [0.29, 0.717) is 17.5 Å².